The van der Waals surface area contributed by atoms with Gasteiger partial charge in [-0.15, -0.1) is 0 Å². The minimum Gasteiger partial charge on any atom is -0.493 e. The molecule has 1 N–H and O–H groups in total. The summed E-state index contributed by atoms with van der Waals surface area (Å²) in [5.74, 6) is 2.38. The molecule has 2 aliphatic rings. The fourth-order valence-electron chi connectivity index (χ4n) is 5.04. The van der Waals surface area contributed by atoms with Gasteiger partial charge in [-0.3, -0.25) is 9.69 Å². The van der Waals surface area contributed by atoms with E-state index in [1.807, 2.05) is 54.3 Å². The highest BCUT2D eigenvalue weighted by atomic mass is 16.5. The summed E-state index contributed by atoms with van der Waals surface area (Å²) in [6.45, 7) is 6.85. The molecule has 4 rings (SSSR count). The molecule has 2 heterocycles. The smallest absolute Gasteiger partial charge is 0.222 e. The molecule has 2 aliphatic heterocycles. The van der Waals surface area contributed by atoms with Crippen molar-refractivity contribution in [3.05, 3.63) is 53.6 Å². The van der Waals surface area contributed by atoms with E-state index >= 15 is 0 Å². The predicted molar refractivity (Wildman–Crippen MR) is 146 cm³/mol. The zero-order chi connectivity index (χ0) is 26.8. The minimum absolute atomic E-state index is 0.159. The molecule has 0 saturated carbocycles. The molecule has 0 spiro atoms. The Morgan fingerprint density at radius 2 is 1.95 bits per heavy atom. The van der Waals surface area contributed by atoms with E-state index in [0.717, 1.165) is 55.6 Å². The Balaban J connectivity index is 1.29. The van der Waals surface area contributed by atoms with Gasteiger partial charge in [-0.2, -0.15) is 0 Å². The Morgan fingerprint density at radius 1 is 1.05 bits per heavy atom. The highest BCUT2D eigenvalue weighted by molar-refractivity contribution is 5.76. The van der Waals surface area contributed by atoms with Crippen molar-refractivity contribution in [2.45, 2.75) is 51.2 Å². The minimum atomic E-state index is -1.11. The number of amides is 1. The van der Waals surface area contributed by atoms with Gasteiger partial charge in [-0.1, -0.05) is 24.6 Å². The summed E-state index contributed by atoms with van der Waals surface area (Å²) in [5, 5.41) is 11.3. The Bertz CT molecular complexity index is 1050. The number of carbonyl (C=O) groups excluding carboxylic acids is 1. The van der Waals surface area contributed by atoms with E-state index in [2.05, 4.69) is 4.90 Å². The fraction of sp³-hybridized carbons (Fsp3) is 0.567. The van der Waals surface area contributed by atoms with E-state index in [1.54, 1.807) is 7.11 Å². The number of ether oxygens (including phenoxy) is 4. The van der Waals surface area contributed by atoms with Crippen LogP contribution in [0.1, 0.15) is 43.2 Å². The van der Waals surface area contributed by atoms with Crippen molar-refractivity contribution in [1.29, 1.82) is 0 Å². The average molecular weight is 527 g/mol. The molecule has 2 aromatic rings. The zero-order valence-corrected chi connectivity index (χ0v) is 22.8. The van der Waals surface area contributed by atoms with Crippen LogP contribution in [0.2, 0.25) is 0 Å². The number of hydrogen-bond acceptors (Lipinski definition) is 7. The molecule has 2 saturated heterocycles. The first-order valence-electron chi connectivity index (χ1n) is 13.7. The average Bonchev–Trinajstić information content (AvgIpc) is 3.23. The van der Waals surface area contributed by atoms with E-state index in [-0.39, 0.29) is 19.1 Å². The number of rotatable bonds is 11. The molecule has 8 heteroatoms. The molecule has 0 aromatic heterocycles. The Morgan fingerprint density at radius 3 is 2.79 bits per heavy atom. The van der Waals surface area contributed by atoms with Gasteiger partial charge < -0.3 is 29.0 Å². The van der Waals surface area contributed by atoms with Crippen LogP contribution in [0.25, 0.3) is 0 Å². The SMILES string of the molecule is COc1cc(CN2CCOCC(O)(COc3cccc(C)c3)C2)ccc1OCCCN1CCCCCC1=O. The van der Waals surface area contributed by atoms with E-state index < -0.39 is 5.60 Å². The summed E-state index contributed by atoms with van der Waals surface area (Å²) < 4.78 is 23.3. The van der Waals surface area contributed by atoms with Gasteiger partial charge in [0.2, 0.25) is 5.91 Å². The topological polar surface area (TPSA) is 80.7 Å². The van der Waals surface area contributed by atoms with E-state index in [1.165, 1.54) is 0 Å². The van der Waals surface area contributed by atoms with Gasteiger partial charge in [0.05, 0.1) is 26.9 Å². The van der Waals surface area contributed by atoms with Crippen molar-refractivity contribution in [2.75, 3.05) is 59.7 Å². The van der Waals surface area contributed by atoms with E-state index in [4.69, 9.17) is 18.9 Å². The molecule has 1 atom stereocenters. The van der Waals surface area contributed by atoms with Gasteiger partial charge in [0.15, 0.2) is 11.5 Å². The van der Waals surface area contributed by atoms with E-state index in [0.29, 0.717) is 50.8 Å². The highest BCUT2D eigenvalue weighted by Gasteiger charge is 2.33. The van der Waals surface area contributed by atoms with Crippen LogP contribution in [0.3, 0.4) is 0 Å². The molecule has 1 unspecified atom stereocenters. The third-order valence-corrected chi connectivity index (χ3v) is 7.07. The monoisotopic (exact) mass is 526 g/mol. The summed E-state index contributed by atoms with van der Waals surface area (Å²) in [4.78, 5) is 16.3. The van der Waals surface area contributed by atoms with Crippen molar-refractivity contribution >= 4 is 5.91 Å². The second-order valence-corrected chi connectivity index (χ2v) is 10.5. The molecular formula is C30H42N2O6. The summed E-state index contributed by atoms with van der Waals surface area (Å²) in [5.41, 5.74) is 1.07. The van der Waals surface area contributed by atoms with Gasteiger partial charge in [0.1, 0.15) is 18.0 Å². The maximum atomic E-state index is 12.2. The third kappa shape index (κ3) is 8.35. The number of β-amino-alcohol motifs (C(OH)–C–C–N with tert-alkyl or cyclic N) is 1. The molecular weight excluding hydrogens is 484 g/mol. The Hall–Kier alpha value is -2.81. The third-order valence-electron chi connectivity index (χ3n) is 7.07. The van der Waals surface area contributed by atoms with Crippen LogP contribution in [-0.4, -0.2) is 86.1 Å². The van der Waals surface area contributed by atoms with Crippen LogP contribution in [0.15, 0.2) is 42.5 Å². The Kier molecular flexibility index (Phi) is 10.3. The maximum Gasteiger partial charge on any atom is 0.222 e. The molecule has 0 bridgehead atoms. The maximum absolute atomic E-state index is 12.2. The lowest BCUT2D eigenvalue weighted by Crippen LogP contribution is -2.48. The fourth-order valence-corrected chi connectivity index (χ4v) is 5.04. The summed E-state index contributed by atoms with van der Waals surface area (Å²) in [6.07, 6.45) is 4.67. The normalized spacial score (nSPS) is 21.0. The molecule has 8 nitrogen and oxygen atoms in total. The lowest BCUT2D eigenvalue weighted by atomic mass is 10.1. The van der Waals surface area contributed by atoms with Crippen molar-refractivity contribution in [1.82, 2.24) is 9.80 Å². The first-order chi connectivity index (χ1) is 18.4. The van der Waals surface area contributed by atoms with Crippen LogP contribution >= 0.6 is 0 Å². The standard InChI is InChI=1S/C30H42N2O6/c1-24-8-6-9-26(18-24)38-23-30(34)21-31(15-17-36-22-30)20-25-11-12-27(28(19-25)35-2)37-16-7-14-32-13-5-3-4-10-29(32)33/h6,8-9,11-12,18-19,34H,3-5,7,10,13-17,20-23H2,1-2H3. The molecule has 2 aromatic carbocycles. The van der Waals surface area contributed by atoms with Crippen molar-refractivity contribution < 1.29 is 28.8 Å². The van der Waals surface area contributed by atoms with Crippen LogP contribution in [0, 0.1) is 6.92 Å². The second kappa shape index (κ2) is 13.8. The molecule has 1 amide bonds. The van der Waals surface area contributed by atoms with Crippen molar-refractivity contribution in [3.8, 4) is 17.2 Å². The van der Waals surface area contributed by atoms with Crippen molar-refractivity contribution in [2.24, 2.45) is 0 Å². The van der Waals surface area contributed by atoms with Gasteiger partial charge in [-0.05, 0) is 61.6 Å². The van der Waals surface area contributed by atoms with Crippen LogP contribution in [0.5, 0.6) is 17.2 Å². The lowest BCUT2D eigenvalue weighted by Gasteiger charge is -2.30. The number of methoxy groups -OCH3 is 1. The zero-order valence-electron chi connectivity index (χ0n) is 22.8. The van der Waals surface area contributed by atoms with Gasteiger partial charge in [0.25, 0.3) is 0 Å². The number of carbonyl (C=O) groups is 1. The summed E-state index contributed by atoms with van der Waals surface area (Å²) in [7, 11) is 1.64. The summed E-state index contributed by atoms with van der Waals surface area (Å²) >= 11 is 0. The van der Waals surface area contributed by atoms with Gasteiger partial charge in [-0.25, -0.2) is 0 Å². The number of likely N-dealkylation sites (tertiary alicyclic amines) is 1. The number of aliphatic hydroxyl groups is 1. The number of hydrogen-bond donors (Lipinski definition) is 1. The van der Waals surface area contributed by atoms with Crippen molar-refractivity contribution in [3.63, 3.8) is 0 Å². The Labute approximate surface area is 226 Å². The molecule has 0 aliphatic carbocycles. The molecule has 2 fully saturated rings. The second-order valence-electron chi connectivity index (χ2n) is 10.5. The van der Waals surface area contributed by atoms with Crippen LogP contribution in [-0.2, 0) is 16.1 Å². The molecule has 208 valence electrons. The largest absolute Gasteiger partial charge is 0.493 e. The summed E-state index contributed by atoms with van der Waals surface area (Å²) in [6, 6.07) is 13.8. The lowest BCUT2D eigenvalue weighted by molar-refractivity contribution is -0.130. The number of nitrogens with zero attached hydrogens (tertiary/aromatic N) is 2. The van der Waals surface area contributed by atoms with Gasteiger partial charge in [0, 0.05) is 39.1 Å². The predicted octanol–water partition coefficient (Wildman–Crippen LogP) is 3.82. The quantitative estimate of drug-likeness (QED) is 0.446. The van der Waals surface area contributed by atoms with Crippen LogP contribution in [0.4, 0.5) is 0 Å². The van der Waals surface area contributed by atoms with Gasteiger partial charge >= 0.3 is 0 Å². The number of aryl methyl sites for hydroxylation is 1. The van der Waals surface area contributed by atoms with E-state index in [9.17, 15) is 9.90 Å². The highest BCUT2D eigenvalue weighted by Crippen LogP contribution is 2.29. The van der Waals surface area contributed by atoms with Crippen LogP contribution < -0.4 is 14.2 Å². The molecule has 38 heavy (non-hydrogen) atoms. The first-order valence-corrected chi connectivity index (χ1v) is 13.7. The molecule has 0 radical (unpaired) electrons. The first kappa shape index (κ1) is 28.2. The number of benzene rings is 2.